The Morgan fingerprint density at radius 2 is 1.85 bits per heavy atom. The van der Waals surface area contributed by atoms with Crippen LogP contribution >= 0.6 is 11.6 Å². The normalized spacial score (nSPS) is 13.6. The van der Waals surface area contributed by atoms with Crippen molar-refractivity contribution in [2.45, 2.75) is 52.7 Å². The fraction of sp³-hybridized carbons (Fsp3) is 0.556. The number of ether oxygens (including phenoxy) is 1. The summed E-state index contributed by atoms with van der Waals surface area (Å²) in [5.41, 5.74) is -1.71. The van der Waals surface area contributed by atoms with Gasteiger partial charge in [0.1, 0.15) is 5.60 Å². The minimum Gasteiger partial charge on any atom is -0.444 e. The van der Waals surface area contributed by atoms with Crippen molar-refractivity contribution in [2.75, 3.05) is 6.54 Å². The predicted octanol–water partition coefficient (Wildman–Crippen LogP) is 3.92. The predicted molar refractivity (Wildman–Crippen MR) is 103 cm³/mol. The number of hydrogen-bond donors (Lipinski definition) is 2. The van der Waals surface area contributed by atoms with Crippen LogP contribution < -0.4 is 10.6 Å². The van der Waals surface area contributed by atoms with E-state index in [9.17, 15) is 19.7 Å². The molecule has 8 nitrogen and oxygen atoms in total. The number of benzene rings is 1. The van der Waals surface area contributed by atoms with Gasteiger partial charge in [-0.2, -0.15) is 0 Å². The van der Waals surface area contributed by atoms with Crippen molar-refractivity contribution in [1.29, 1.82) is 0 Å². The van der Waals surface area contributed by atoms with Crippen molar-refractivity contribution < 1.29 is 19.2 Å². The molecule has 150 valence electrons. The second-order valence-corrected chi connectivity index (χ2v) is 8.21. The van der Waals surface area contributed by atoms with E-state index < -0.39 is 28.1 Å². The van der Waals surface area contributed by atoms with Crippen LogP contribution in [0.4, 0.5) is 10.5 Å². The molecule has 2 amide bonds. The van der Waals surface area contributed by atoms with Gasteiger partial charge >= 0.3 is 6.09 Å². The third-order valence-electron chi connectivity index (χ3n) is 4.08. The van der Waals surface area contributed by atoms with Gasteiger partial charge < -0.3 is 15.4 Å². The summed E-state index contributed by atoms with van der Waals surface area (Å²) in [6.45, 7) is 10.9. The van der Waals surface area contributed by atoms with E-state index in [0.717, 1.165) is 6.07 Å². The highest BCUT2D eigenvalue weighted by Gasteiger charge is 2.32. The Morgan fingerprint density at radius 3 is 2.33 bits per heavy atom. The van der Waals surface area contributed by atoms with Crippen molar-refractivity contribution >= 4 is 29.3 Å². The summed E-state index contributed by atoms with van der Waals surface area (Å²) >= 11 is 6.03. The van der Waals surface area contributed by atoms with Crippen molar-refractivity contribution in [2.24, 2.45) is 5.92 Å². The van der Waals surface area contributed by atoms with Crippen LogP contribution in [0.2, 0.25) is 5.02 Å². The third kappa shape index (κ3) is 6.71. The van der Waals surface area contributed by atoms with Crippen LogP contribution in [0.5, 0.6) is 0 Å². The zero-order chi connectivity index (χ0) is 21.0. The van der Waals surface area contributed by atoms with E-state index in [2.05, 4.69) is 10.6 Å². The molecule has 0 aliphatic carbocycles. The fourth-order valence-electron chi connectivity index (χ4n) is 2.09. The largest absolute Gasteiger partial charge is 0.444 e. The number of hydrogen-bond acceptors (Lipinski definition) is 5. The van der Waals surface area contributed by atoms with Crippen molar-refractivity contribution in [3.8, 4) is 0 Å². The van der Waals surface area contributed by atoms with Crippen LogP contribution in [0.1, 0.15) is 51.9 Å². The average molecular weight is 400 g/mol. The van der Waals surface area contributed by atoms with Gasteiger partial charge in [0.15, 0.2) is 0 Å². The fourth-order valence-corrected chi connectivity index (χ4v) is 2.29. The Balaban J connectivity index is 2.96. The van der Waals surface area contributed by atoms with E-state index >= 15 is 0 Å². The number of non-ortho nitro benzene ring substituents is 1. The molecule has 0 bridgehead atoms. The van der Waals surface area contributed by atoms with Gasteiger partial charge in [0.25, 0.3) is 11.6 Å². The lowest BCUT2D eigenvalue weighted by molar-refractivity contribution is -0.384. The van der Waals surface area contributed by atoms with Crippen LogP contribution in [-0.2, 0) is 4.74 Å². The summed E-state index contributed by atoms with van der Waals surface area (Å²) < 4.78 is 5.20. The van der Waals surface area contributed by atoms with Gasteiger partial charge in [-0.05, 0) is 39.7 Å². The Kier molecular flexibility index (Phi) is 7.19. The molecular formula is C18H26ClN3O5. The first-order valence-corrected chi connectivity index (χ1v) is 8.86. The Morgan fingerprint density at radius 1 is 1.26 bits per heavy atom. The zero-order valence-electron chi connectivity index (χ0n) is 16.4. The number of carbonyl (C=O) groups excluding carboxylic acids is 2. The number of carbonyl (C=O) groups is 2. The molecule has 0 heterocycles. The standard InChI is InChI=1S/C18H26ClN3O5/c1-11(2)18(6,10-20-16(24)27-17(3,4)5)21-15(23)13-9-12(22(25)26)7-8-14(13)19/h7-9,11H,10H2,1-6H3,(H,20,24)(H,21,23). The molecule has 0 saturated carbocycles. The molecular weight excluding hydrogens is 374 g/mol. The summed E-state index contributed by atoms with van der Waals surface area (Å²) in [4.78, 5) is 34.9. The smallest absolute Gasteiger partial charge is 0.407 e. The van der Waals surface area contributed by atoms with Crippen LogP contribution in [0.25, 0.3) is 0 Å². The number of nitro groups is 1. The van der Waals surface area contributed by atoms with Gasteiger partial charge in [0.05, 0.1) is 21.0 Å². The first kappa shape index (κ1) is 22.7. The molecule has 0 radical (unpaired) electrons. The highest BCUT2D eigenvalue weighted by Crippen LogP contribution is 2.24. The van der Waals surface area contributed by atoms with Gasteiger partial charge in [-0.1, -0.05) is 25.4 Å². The van der Waals surface area contributed by atoms with E-state index in [-0.39, 0.29) is 28.7 Å². The summed E-state index contributed by atoms with van der Waals surface area (Å²) in [7, 11) is 0. The SMILES string of the molecule is CC(C)C(C)(CNC(=O)OC(C)(C)C)NC(=O)c1cc([N+](=O)[O-])ccc1Cl. The van der Waals surface area contributed by atoms with E-state index in [0.29, 0.717) is 0 Å². The van der Waals surface area contributed by atoms with Crippen LogP contribution in [0.3, 0.4) is 0 Å². The number of rotatable bonds is 6. The number of alkyl carbamates (subject to hydrolysis) is 1. The van der Waals surface area contributed by atoms with E-state index in [4.69, 9.17) is 16.3 Å². The van der Waals surface area contributed by atoms with Crippen molar-refractivity contribution in [1.82, 2.24) is 10.6 Å². The maximum atomic E-state index is 12.7. The molecule has 1 aromatic rings. The monoisotopic (exact) mass is 399 g/mol. The average Bonchev–Trinajstić information content (AvgIpc) is 2.51. The lowest BCUT2D eigenvalue weighted by atomic mass is 9.88. The lowest BCUT2D eigenvalue weighted by Crippen LogP contribution is -2.57. The highest BCUT2D eigenvalue weighted by atomic mass is 35.5. The molecule has 2 N–H and O–H groups in total. The minimum absolute atomic E-state index is 0.00462. The Labute approximate surface area is 163 Å². The van der Waals surface area contributed by atoms with Gasteiger partial charge in [-0.3, -0.25) is 14.9 Å². The molecule has 1 atom stereocenters. The second kappa shape index (κ2) is 8.56. The van der Waals surface area contributed by atoms with Crippen molar-refractivity contribution in [3.63, 3.8) is 0 Å². The number of halogens is 1. The molecule has 0 aromatic heterocycles. The Bertz CT molecular complexity index is 730. The van der Waals surface area contributed by atoms with Gasteiger partial charge in [0.2, 0.25) is 0 Å². The van der Waals surface area contributed by atoms with Crippen LogP contribution in [0.15, 0.2) is 18.2 Å². The van der Waals surface area contributed by atoms with Gasteiger partial charge in [-0.15, -0.1) is 0 Å². The quantitative estimate of drug-likeness (QED) is 0.556. The molecule has 0 aliphatic rings. The molecule has 0 spiro atoms. The van der Waals surface area contributed by atoms with E-state index in [1.54, 1.807) is 27.7 Å². The number of nitrogens with zero attached hydrogens (tertiary/aromatic N) is 1. The molecule has 1 unspecified atom stereocenters. The molecule has 0 fully saturated rings. The number of amides is 2. The lowest BCUT2D eigenvalue weighted by Gasteiger charge is -2.35. The summed E-state index contributed by atoms with van der Waals surface area (Å²) in [5.74, 6) is -0.625. The second-order valence-electron chi connectivity index (χ2n) is 7.80. The van der Waals surface area contributed by atoms with Crippen LogP contribution in [0, 0.1) is 16.0 Å². The molecule has 1 rings (SSSR count). The van der Waals surface area contributed by atoms with Gasteiger partial charge in [-0.25, -0.2) is 4.79 Å². The first-order valence-electron chi connectivity index (χ1n) is 8.48. The van der Waals surface area contributed by atoms with Gasteiger partial charge in [0, 0.05) is 18.7 Å². The summed E-state index contributed by atoms with van der Waals surface area (Å²) in [6.07, 6.45) is -0.600. The van der Waals surface area contributed by atoms with E-state index in [1.807, 2.05) is 13.8 Å². The van der Waals surface area contributed by atoms with Crippen LogP contribution in [-0.4, -0.2) is 34.6 Å². The maximum Gasteiger partial charge on any atom is 0.407 e. The number of nitrogens with one attached hydrogen (secondary N) is 2. The molecule has 0 aliphatic heterocycles. The highest BCUT2D eigenvalue weighted by molar-refractivity contribution is 6.34. The third-order valence-corrected chi connectivity index (χ3v) is 4.41. The van der Waals surface area contributed by atoms with E-state index in [1.165, 1.54) is 12.1 Å². The summed E-state index contributed by atoms with van der Waals surface area (Å²) in [5, 5.41) is 16.5. The molecule has 1 aromatic carbocycles. The molecule has 27 heavy (non-hydrogen) atoms. The summed E-state index contributed by atoms with van der Waals surface area (Å²) in [6, 6.07) is 3.66. The van der Waals surface area contributed by atoms with Crippen molar-refractivity contribution in [3.05, 3.63) is 38.9 Å². The Hall–Kier alpha value is -2.35. The molecule has 0 saturated heterocycles. The minimum atomic E-state index is -0.831. The zero-order valence-corrected chi connectivity index (χ0v) is 17.1. The topological polar surface area (TPSA) is 111 Å². The maximum absolute atomic E-state index is 12.7. The molecule has 9 heteroatoms. The first-order chi connectivity index (χ1) is 12.2. The number of nitro benzene ring substituents is 1.